The van der Waals surface area contributed by atoms with Gasteiger partial charge in [-0.3, -0.25) is 25.7 Å². The number of hydrogen-bond acceptors (Lipinski definition) is 8. The average molecular weight is 368 g/mol. The number of nitro groups is 2. The molecule has 2 aromatic carbocycles. The van der Waals surface area contributed by atoms with Crippen LogP contribution in [-0.2, 0) is 10.2 Å². The molecule has 10 nitrogen and oxygen atoms in total. The highest BCUT2D eigenvalue weighted by Crippen LogP contribution is 2.28. The first-order valence-electron chi connectivity index (χ1n) is 6.45. The molecule has 0 atom stereocenters. The van der Waals surface area contributed by atoms with Crippen molar-refractivity contribution in [3.63, 3.8) is 0 Å². The minimum atomic E-state index is -4.80. The number of hydrogen-bond donors (Lipinski definition) is 1. The Bertz CT molecular complexity index is 959. The molecule has 25 heavy (non-hydrogen) atoms. The lowest BCUT2D eigenvalue weighted by Crippen LogP contribution is -1.99. The first-order chi connectivity index (χ1) is 11.7. The van der Waals surface area contributed by atoms with E-state index >= 15 is 0 Å². The van der Waals surface area contributed by atoms with Gasteiger partial charge in [0.1, 0.15) is 5.69 Å². The monoisotopic (exact) mass is 368 g/mol. The van der Waals surface area contributed by atoms with Gasteiger partial charge in [-0.05, 0) is 23.8 Å². The highest BCUT2D eigenvalue weighted by atomic mass is 32.3. The van der Waals surface area contributed by atoms with Crippen molar-refractivity contribution in [1.82, 2.24) is 0 Å². The van der Waals surface area contributed by atoms with Crippen LogP contribution in [0.4, 0.5) is 20.9 Å². The Morgan fingerprint density at radius 1 is 1.04 bits per heavy atom. The van der Waals surface area contributed by atoms with Crippen molar-refractivity contribution in [2.75, 3.05) is 5.43 Å². The number of halogens is 1. The minimum absolute atomic E-state index is 0.0743. The second-order valence-corrected chi connectivity index (χ2v) is 5.94. The summed E-state index contributed by atoms with van der Waals surface area (Å²) in [5.41, 5.74) is 1.71. The van der Waals surface area contributed by atoms with Crippen molar-refractivity contribution >= 4 is 33.5 Å². The Labute approximate surface area is 140 Å². The number of benzene rings is 2. The predicted molar refractivity (Wildman–Crippen MR) is 85.7 cm³/mol. The zero-order valence-corrected chi connectivity index (χ0v) is 13.0. The van der Waals surface area contributed by atoms with Gasteiger partial charge in [0.25, 0.3) is 5.69 Å². The standard InChI is InChI=1S/C13H9FN4O6S/c14-25(23,24)11-4-1-9(2-5-11)8-15-16-12-6-3-10(17(19)20)7-13(12)18(21)22/h1-8,16H/b15-8+. The third kappa shape index (κ3) is 4.54. The Balaban J connectivity index is 2.19. The topological polar surface area (TPSA) is 145 Å². The second-order valence-electron chi connectivity index (χ2n) is 4.59. The summed E-state index contributed by atoms with van der Waals surface area (Å²) in [6.45, 7) is 0. The van der Waals surface area contributed by atoms with Crippen molar-refractivity contribution in [1.29, 1.82) is 0 Å². The van der Waals surface area contributed by atoms with Crippen LogP contribution in [-0.4, -0.2) is 24.5 Å². The van der Waals surface area contributed by atoms with Crippen LogP contribution in [0.15, 0.2) is 52.5 Å². The molecule has 130 valence electrons. The molecule has 0 aliphatic carbocycles. The van der Waals surface area contributed by atoms with E-state index in [-0.39, 0.29) is 5.69 Å². The van der Waals surface area contributed by atoms with E-state index in [0.29, 0.717) is 5.56 Å². The SMILES string of the molecule is O=[N+]([O-])c1ccc(N/N=C/c2ccc(S(=O)(=O)F)cc2)c([N+](=O)[O-])c1. The largest absolute Gasteiger partial charge is 0.332 e. The van der Waals surface area contributed by atoms with Gasteiger partial charge < -0.3 is 0 Å². The second kappa shape index (κ2) is 7.00. The molecule has 0 fully saturated rings. The molecule has 0 bridgehead atoms. The fourth-order valence-electron chi connectivity index (χ4n) is 1.77. The van der Waals surface area contributed by atoms with Crippen molar-refractivity contribution < 1.29 is 22.2 Å². The zero-order chi connectivity index (χ0) is 18.6. The zero-order valence-electron chi connectivity index (χ0n) is 12.2. The predicted octanol–water partition coefficient (Wildman–Crippen LogP) is 2.61. The third-order valence-electron chi connectivity index (χ3n) is 2.95. The first kappa shape index (κ1) is 17.9. The van der Waals surface area contributed by atoms with E-state index in [1.807, 2.05) is 0 Å². The summed E-state index contributed by atoms with van der Waals surface area (Å²) >= 11 is 0. The number of hydrazone groups is 1. The normalized spacial score (nSPS) is 11.4. The summed E-state index contributed by atoms with van der Waals surface area (Å²) in [6, 6.07) is 7.62. The van der Waals surface area contributed by atoms with Crippen molar-refractivity contribution in [3.8, 4) is 0 Å². The van der Waals surface area contributed by atoms with Gasteiger partial charge in [-0.2, -0.15) is 13.5 Å². The van der Waals surface area contributed by atoms with Gasteiger partial charge in [0.05, 0.1) is 27.0 Å². The van der Waals surface area contributed by atoms with Gasteiger partial charge in [0.2, 0.25) is 0 Å². The van der Waals surface area contributed by atoms with Gasteiger partial charge in [0.15, 0.2) is 0 Å². The lowest BCUT2D eigenvalue weighted by atomic mass is 10.2. The third-order valence-corrected chi connectivity index (χ3v) is 3.78. The van der Waals surface area contributed by atoms with Crippen molar-refractivity contribution in [3.05, 3.63) is 68.3 Å². The molecule has 0 amide bonds. The molecule has 2 aromatic rings. The summed E-state index contributed by atoms with van der Waals surface area (Å²) in [4.78, 5) is 19.5. The number of nitro benzene ring substituents is 2. The smallest absolute Gasteiger partial charge is 0.272 e. The number of anilines is 1. The van der Waals surface area contributed by atoms with Crippen LogP contribution in [0.5, 0.6) is 0 Å². The molecule has 0 heterocycles. The molecule has 2 rings (SSSR count). The molecule has 0 spiro atoms. The van der Waals surface area contributed by atoms with Gasteiger partial charge in [0, 0.05) is 6.07 Å². The number of nitrogens with one attached hydrogen (secondary N) is 1. The van der Waals surface area contributed by atoms with Gasteiger partial charge in [-0.15, -0.1) is 3.89 Å². The minimum Gasteiger partial charge on any atom is -0.272 e. The first-order valence-corrected chi connectivity index (χ1v) is 7.83. The number of rotatable bonds is 6. The maximum Gasteiger partial charge on any atom is 0.332 e. The molecule has 0 radical (unpaired) electrons. The van der Waals surface area contributed by atoms with Gasteiger partial charge >= 0.3 is 15.9 Å². The van der Waals surface area contributed by atoms with E-state index in [1.54, 1.807) is 0 Å². The summed E-state index contributed by atoms with van der Waals surface area (Å²) in [7, 11) is -4.80. The van der Waals surface area contributed by atoms with E-state index < -0.39 is 36.3 Å². The Morgan fingerprint density at radius 3 is 2.20 bits per heavy atom. The maximum absolute atomic E-state index is 12.8. The van der Waals surface area contributed by atoms with Crippen LogP contribution in [0.2, 0.25) is 0 Å². The fourth-order valence-corrected chi connectivity index (χ4v) is 2.23. The van der Waals surface area contributed by atoms with E-state index in [2.05, 4.69) is 10.5 Å². The Morgan fingerprint density at radius 2 is 1.68 bits per heavy atom. The molecular formula is C13H9FN4O6S. The molecular weight excluding hydrogens is 359 g/mol. The molecule has 0 unspecified atom stereocenters. The summed E-state index contributed by atoms with van der Waals surface area (Å²) < 4.78 is 34.1. The molecule has 1 N–H and O–H groups in total. The van der Waals surface area contributed by atoms with Gasteiger partial charge in [-0.25, -0.2) is 0 Å². The fraction of sp³-hybridized carbons (Fsp3) is 0. The Kier molecular flexibility index (Phi) is 5.02. The van der Waals surface area contributed by atoms with Crippen LogP contribution in [0.3, 0.4) is 0 Å². The van der Waals surface area contributed by atoms with Crippen LogP contribution >= 0.6 is 0 Å². The number of non-ortho nitro benzene ring substituents is 1. The summed E-state index contributed by atoms with van der Waals surface area (Å²) in [6.07, 6.45) is 1.21. The number of nitrogens with zero attached hydrogens (tertiary/aromatic N) is 3. The quantitative estimate of drug-likeness (QED) is 0.357. The van der Waals surface area contributed by atoms with E-state index in [9.17, 15) is 32.5 Å². The lowest BCUT2D eigenvalue weighted by Gasteiger charge is -2.02. The van der Waals surface area contributed by atoms with E-state index in [0.717, 1.165) is 30.3 Å². The van der Waals surface area contributed by atoms with Crippen molar-refractivity contribution in [2.24, 2.45) is 5.10 Å². The van der Waals surface area contributed by atoms with E-state index in [1.165, 1.54) is 18.3 Å². The average Bonchev–Trinajstić information content (AvgIpc) is 2.54. The maximum atomic E-state index is 12.8. The highest BCUT2D eigenvalue weighted by Gasteiger charge is 2.19. The summed E-state index contributed by atoms with van der Waals surface area (Å²) in [5.74, 6) is 0. The van der Waals surface area contributed by atoms with Crippen LogP contribution in [0.1, 0.15) is 5.56 Å². The molecule has 0 aliphatic rings. The van der Waals surface area contributed by atoms with Crippen LogP contribution in [0.25, 0.3) is 0 Å². The molecule has 12 heteroatoms. The van der Waals surface area contributed by atoms with Crippen molar-refractivity contribution in [2.45, 2.75) is 4.90 Å². The summed E-state index contributed by atoms with van der Waals surface area (Å²) in [5, 5.41) is 25.3. The van der Waals surface area contributed by atoms with E-state index in [4.69, 9.17) is 0 Å². The molecule has 0 aliphatic heterocycles. The highest BCUT2D eigenvalue weighted by molar-refractivity contribution is 7.86. The Hall–Kier alpha value is -3.41. The molecule has 0 aromatic heterocycles. The van der Waals surface area contributed by atoms with Crippen LogP contribution < -0.4 is 5.43 Å². The molecule has 0 saturated heterocycles. The van der Waals surface area contributed by atoms with Crippen LogP contribution in [0, 0.1) is 20.2 Å². The lowest BCUT2D eigenvalue weighted by molar-refractivity contribution is -0.393. The van der Waals surface area contributed by atoms with Gasteiger partial charge in [-0.1, -0.05) is 12.1 Å². The molecule has 0 saturated carbocycles.